The Morgan fingerprint density at radius 2 is 2.33 bits per heavy atom. The van der Waals surface area contributed by atoms with E-state index in [4.69, 9.17) is 0 Å². The first-order valence-electron chi connectivity index (χ1n) is 3.04. The first-order valence-corrected chi connectivity index (χ1v) is 4.20. The van der Waals surface area contributed by atoms with Gasteiger partial charge in [0.2, 0.25) is 0 Å². The molecule has 0 amide bonds. The van der Waals surface area contributed by atoms with Crippen LogP contribution in [0.5, 0.6) is 0 Å². The first-order chi connectivity index (χ1) is 4.41. The summed E-state index contributed by atoms with van der Waals surface area (Å²) < 4.78 is 4.48. The summed E-state index contributed by atoms with van der Waals surface area (Å²) in [5.74, 6) is 2.08. The third-order valence-corrected chi connectivity index (χ3v) is 1.91. The number of ether oxygens (including phenoxy) is 1. The third kappa shape index (κ3) is 7.82. The molecule has 0 aliphatic rings. The Balaban J connectivity index is 2.66. The van der Waals surface area contributed by atoms with E-state index in [0.29, 0.717) is 13.1 Å². The predicted molar refractivity (Wildman–Crippen MR) is 39.6 cm³/mol. The van der Waals surface area contributed by atoms with E-state index in [0.717, 1.165) is 11.5 Å². The lowest BCUT2D eigenvalue weighted by Gasteiger charge is -1.96. The third-order valence-electron chi connectivity index (χ3n) is 0.762. The highest BCUT2D eigenvalue weighted by Crippen LogP contribution is 2.00. The minimum atomic E-state index is 0.493. The smallest absolute Gasteiger partial charge is 0.293 e. The minimum absolute atomic E-state index is 0.493. The zero-order chi connectivity index (χ0) is 6.95. The van der Waals surface area contributed by atoms with Gasteiger partial charge in [-0.25, -0.2) is 0 Å². The van der Waals surface area contributed by atoms with Crippen LogP contribution in [-0.2, 0) is 9.53 Å². The number of hydrogen-bond acceptors (Lipinski definition) is 3. The number of rotatable bonds is 6. The van der Waals surface area contributed by atoms with Crippen molar-refractivity contribution in [1.82, 2.24) is 0 Å². The van der Waals surface area contributed by atoms with Gasteiger partial charge in [-0.3, -0.25) is 4.79 Å². The molecule has 0 N–H and O–H groups in total. The van der Waals surface area contributed by atoms with Crippen molar-refractivity contribution in [2.45, 2.75) is 13.3 Å². The van der Waals surface area contributed by atoms with Crippen LogP contribution in [0.25, 0.3) is 0 Å². The van der Waals surface area contributed by atoms with E-state index in [1.807, 2.05) is 11.8 Å². The summed E-state index contributed by atoms with van der Waals surface area (Å²) in [6.45, 7) is 3.17. The summed E-state index contributed by atoms with van der Waals surface area (Å²) in [6, 6.07) is 0. The van der Waals surface area contributed by atoms with Crippen LogP contribution in [0, 0.1) is 0 Å². The molecule has 54 valence electrons. The van der Waals surface area contributed by atoms with Crippen molar-refractivity contribution in [3.05, 3.63) is 0 Å². The average molecular weight is 148 g/mol. The zero-order valence-corrected chi connectivity index (χ0v) is 6.45. The summed E-state index contributed by atoms with van der Waals surface area (Å²) in [7, 11) is 0. The molecule has 2 nitrogen and oxygen atoms in total. The van der Waals surface area contributed by atoms with E-state index in [2.05, 4.69) is 11.7 Å². The van der Waals surface area contributed by atoms with Crippen LogP contribution < -0.4 is 0 Å². The fraction of sp³-hybridized carbons (Fsp3) is 0.833. The molecule has 0 aromatic rings. The maximum atomic E-state index is 9.61. The average Bonchev–Trinajstić information content (AvgIpc) is 1.89. The van der Waals surface area contributed by atoms with E-state index in [1.165, 1.54) is 6.42 Å². The molecule has 0 atom stereocenters. The Morgan fingerprint density at radius 1 is 1.56 bits per heavy atom. The predicted octanol–water partition coefficient (Wildman–Crippen LogP) is 1.30. The first kappa shape index (κ1) is 8.82. The summed E-state index contributed by atoms with van der Waals surface area (Å²) >= 11 is 1.81. The topological polar surface area (TPSA) is 26.3 Å². The van der Waals surface area contributed by atoms with Gasteiger partial charge >= 0.3 is 0 Å². The summed E-state index contributed by atoms with van der Waals surface area (Å²) in [5.41, 5.74) is 0. The van der Waals surface area contributed by atoms with Gasteiger partial charge in [-0.05, 0) is 12.2 Å². The molecule has 0 aromatic heterocycles. The van der Waals surface area contributed by atoms with Crippen LogP contribution in [0.2, 0.25) is 0 Å². The molecule has 0 rings (SSSR count). The van der Waals surface area contributed by atoms with Crippen molar-refractivity contribution in [1.29, 1.82) is 0 Å². The van der Waals surface area contributed by atoms with E-state index >= 15 is 0 Å². The van der Waals surface area contributed by atoms with Crippen LogP contribution in [0.4, 0.5) is 0 Å². The Labute approximate surface area is 60.0 Å². The Morgan fingerprint density at radius 3 is 2.89 bits per heavy atom. The SMILES string of the molecule is CCCSCCOC=O. The monoisotopic (exact) mass is 148 g/mol. The van der Waals surface area contributed by atoms with Crippen molar-refractivity contribution in [2.75, 3.05) is 18.1 Å². The molecule has 0 saturated carbocycles. The zero-order valence-electron chi connectivity index (χ0n) is 5.63. The fourth-order valence-corrected chi connectivity index (χ4v) is 1.11. The minimum Gasteiger partial charge on any atom is -0.467 e. The van der Waals surface area contributed by atoms with E-state index in [-0.39, 0.29) is 0 Å². The summed E-state index contributed by atoms with van der Waals surface area (Å²) in [6.07, 6.45) is 1.19. The molecule has 0 bridgehead atoms. The lowest BCUT2D eigenvalue weighted by atomic mass is 10.6. The van der Waals surface area contributed by atoms with Gasteiger partial charge in [-0.2, -0.15) is 11.8 Å². The molecule has 0 saturated heterocycles. The number of hydrogen-bond donors (Lipinski definition) is 0. The molecule has 3 heteroatoms. The van der Waals surface area contributed by atoms with Crippen LogP contribution in [0.1, 0.15) is 13.3 Å². The summed E-state index contributed by atoms with van der Waals surface area (Å²) in [4.78, 5) is 9.61. The lowest BCUT2D eigenvalue weighted by molar-refractivity contribution is -0.128. The van der Waals surface area contributed by atoms with E-state index < -0.39 is 0 Å². The Hall–Kier alpha value is -0.180. The number of carbonyl (C=O) groups excluding carboxylic acids is 1. The fourth-order valence-electron chi connectivity index (χ4n) is 0.402. The van der Waals surface area contributed by atoms with Crippen molar-refractivity contribution in [2.24, 2.45) is 0 Å². The molecule has 0 aromatic carbocycles. The molecular weight excluding hydrogens is 136 g/mol. The van der Waals surface area contributed by atoms with Crippen molar-refractivity contribution < 1.29 is 9.53 Å². The molecule has 0 fully saturated rings. The van der Waals surface area contributed by atoms with Gasteiger partial charge in [0.05, 0.1) is 0 Å². The van der Waals surface area contributed by atoms with Crippen LogP contribution in [0.15, 0.2) is 0 Å². The van der Waals surface area contributed by atoms with Gasteiger partial charge in [-0.15, -0.1) is 0 Å². The van der Waals surface area contributed by atoms with Crippen LogP contribution in [-0.4, -0.2) is 24.6 Å². The standard InChI is InChI=1S/C6H12O2S/c1-2-4-9-5-3-8-6-7/h6H,2-5H2,1H3. The second-order valence-corrected chi connectivity index (χ2v) is 2.80. The largest absolute Gasteiger partial charge is 0.467 e. The van der Waals surface area contributed by atoms with Crippen molar-refractivity contribution in [3.8, 4) is 0 Å². The quantitative estimate of drug-likeness (QED) is 0.419. The molecule has 0 spiro atoms. The highest BCUT2D eigenvalue weighted by Gasteiger charge is 1.85. The Kier molecular flexibility index (Phi) is 7.66. The van der Waals surface area contributed by atoms with E-state index in [9.17, 15) is 4.79 Å². The molecule has 0 radical (unpaired) electrons. The molecule has 0 unspecified atom stereocenters. The lowest BCUT2D eigenvalue weighted by Crippen LogP contribution is -1.94. The molecule has 0 aliphatic carbocycles. The normalized spacial score (nSPS) is 9.00. The maximum absolute atomic E-state index is 9.61. The second-order valence-electron chi connectivity index (χ2n) is 1.58. The van der Waals surface area contributed by atoms with Crippen molar-refractivity contribution >= 4 is 18.2 Å². The highest BCUT2D eigenvalue weighted by molar-refractivity contribution is 7.99. The van der Waals surface area contributed by atoms with Gasteiger partial charge in [0.1, 0.15) is 6.61 Å². The molecule has 0 aliphatic heterocycles. The van der Waals surface area contributed by atoms with Gasteiger partial charge in [-0.1, -0.05) is 6.92 Å². The molecule has 9 heavy (non-hydrogen) atoms. The van der Waals surface area contributed by atoms with Crippen molar-refractivity contribution in [3.63, 3.8) is 0 Å². The Bertz CT molecular complexity index is 66.1. The highest BCUT2D eigenvalue weighted by atomic mass is 32.2. The van der Waals surface area contributed by atoms with Crippen LogP contribution in [0.3, 0.4) is 0 Å². The van der Waals surface area contributed by atoms with Gasteiger partial charge in [0, 0.05) is 5.75 Å². The van der Waals surface area contributed by atoms with Gasteiger partial charge in [0.15, 0.2) is 0 Å². The molecular formula is C6H12O2S. The second kappa shape index (κ2) is 7.82. The molecule has 0 heterocycles. The number of thioether (sulfide) groups is 1. The van der Waals surface area contributed by atoms with Crippen LogP contribution >= 0.6 is 11.8 Å². The number of carbonyl (C=O) groups is 1. The maximum Gasteiger partial charge on any atom is 0.293 e. The van der Waals surface area contributed by atoms with E-state index in [1.54, 1.807) is 0 Å². The van der Waals surface area contributed by atoms with Gasteiger partial charge in [0.25, 0.3) is 6.47 Å². The summed E-state index contributed by atoms with van der Waals surface area (Å²) in [5, 5.41) is 0. The van der Waals surface area contributed by atoms with Gasteiger partial charge < -0.3 is 4.74 Å².